The van der Waals surface area contributed by atoms with Gasteiger partial charge in [0.25, 0.3) is 0 Å². The number of hydrogen-bond donors (Lipinski definition) is 0. The fourth-order valence-corrected chi connectivity index (χ4v) is 5.05. The molecule has 1 aliphatic rings. The lowest BCUT2D eigenvalue weighted by Gasteiger charge is -2.20. The maximum absolute atomic E-state index is 12.6. The zero-order chi connectivity index (χ0) is 17.3. The number of ether oxygens (including phenoxy) is 2. The van der Waals surface area contributed by atoms with Crippen LogP contribution in [-0.2, 0) is 21.3 Å². The van der Waals surface area contributed by atoms with E-state index in [0.717, 1.165) is 21.2 Å². The summed E-state index contributed by atoms with van der Waals surface area (Å²) in [6.07, 6.45) is 0. The summed E-state index contributed by atoms with van der Waals surface area (Å²) < 4.78 is 37.0. The van der Waals surface area contributed by atoms with E-state index in [-0.39, 0.29) is 11.5 Å². The maximum Gasteiger partial charge on any atom is 0.162 e. The van der Waals surface area contributed by atoms with Crippen LogP contribution < -0.4 is 9.47 Å². The van der Waals surface area contributed by atoms with Gasteiger partial charge in [-0.2, -0.15) is 0 Å². The number of halogens is 1. The zero-order valence-corrected chi connectivity index (χ0v) is 16.0. The molecule has 1 heterocycles. The molecule has 0 atom stereocenters. The van der Waals surface area contributed by atoms with Crippen molar-refractivity contribution in [3.05, 3.63) is 57.1 Å². The molecule has 128 valence electrons. The van der Waals surface area contributed by atoms with Crippen LogP contribution in [-0.4, -0.2) is 21.6 Å². The summed E-state index contributed by atoms with van der Waals surface area (Å²) in [5.74, 6) is 1.22. The highest BCUT2D eigenvalue weighted by Gasteiger charge is 2.20. The third-order valence-corrected chi connectivity index (χ3v) is 6.02. The molecule has 0 N–H and O–H groups in total. The Labute approximate surface area is 150 Å². The van der Waals surface area contributed by atoms with E-state index >= 15 is 0 Å². The number of fused-ring (bicyclic) bond motifs is 1. The minimum atomic E-state index is -3.30. The number of benzene rings is 2. The minimum absolute atomic E-state index is 0.0242. The average molecular weight is 411 g/mol. The smallest absolute Gasteiger partial charge is 0.162 e. The van der Waals surface area contributed by atoms with Crippen molar-refractivity contribution in [3.8, 4) is 11.5 Å². The molecular formula is C18H19BrO4S. The van der Waals surface area contributed by atoms with Crippen molar-refractivity contribution < 1.29 is 17.9 Å². The molecule has 4 nitrogen and oxygen atoms in total. The molecule has 0 radical (unpaired) electrons. The first-order valence-electron chi connectivity index (χ1n) is 7.68. The van der Waals surface area contributed by atoms with E-state index in [9.17, 15) is 8.42 Å². The fraction of sp³-hybridized carbons (Fsp3) is 0.333. The first-order chi connectivity index (χ1) is 11.3. The van der Waals surface area contributed by atoms with Crippen LogP contribution in [0.15, 0.2) is 34.8 Å². The Morgan fingerprint density at radius 3 is 2.12 bits per heavy atom. The van der Waals surface area contributed by atoms with Crippen molar-refractivity contribution in [1.29, 1.82) is 0 Å². The fourth-order valence-electron chi connectivity index (χ4n) is 2.91. The van der Waals surface area contributed by atoms with E-state index in [4.69, 9.17) is 9.47 Å². The van der Waals surface area contributed by atoms with E-state index in [0.29, 0.717) is 30.3 Å². The van der Waals surface area contributed by atoms with Crippen LogP contribution >= 0.6 is 15.9 Å². The predicted octanol–water partition coefficient (Wildman–Crippen LogP) is 3.95. The number of rotatable bonds is 4. The van der Waals surface area contributed by atoms with Gasteiger partial charge in [0.15, 0.2) is 21.3 Å². The molecule has 0 saturated carbocycles. The van der Waals surface area contributed by atoms with Gasteiger partial charge in [0.1, 0.15) is 13.2 Å². The second-order valence-corrected chi connectivity index (χ2v) is 9.03. The second-order valence-electron chi connectivity index (χ2n) is 6.12. The summed E-state index contributed by atoms with van der Waals surface area (Å²) in [4.78, 5) is 0. The third-order valence-electron chi connectivity index (χ3n) is 3.75. The molecule has 0 bridgehead atoms. The summed E-state index contributed by atoms with van der Waals surface area (Å²) in [7, 11) is -3.30. The Bertz CT molecular complexity index is 855. The zero-order valence-electron chi connectivity index (χ0n) is 13.6. The summed E-state index contributed by atoms with van der Waals surface area (Å²) >= 11 is 3.44. The molecule has 2 aromatic carbocycles. The third kappa shape index (κ3) is 4.11. The highest BCUT2D eigenvalue weighted by molar-refractivity contribution is 9.10. The topological polar surface area (TPSA) is 52.6 Å². The van der Waals surface area contributed by atoms with Crippen LogP contribution in [0.3, 0.4) is 0 Å². The van der Waals surface area contributed by atoms with Gasteiger partial charge in [-0.15, -0.1) is 0 Å². The molecule has 6 heteroatoms. The highest BCUT2D eigenvalue weighted by atomic mass is 79.9. The van der Waals surface area contributed by atoms with Crippen molar-refractivity contribution in [3.63, 3.8) is 0 Å². The minimum Gasteiger partial charge on any atom is -0.486 e. The SMILES string of the molecule is Cc1cc(C)cc(CS(=O)(=O)Cc2cc3c(cc2Br)OCCO3)c1. The Kier molecular flexibility index (Phi) is 4.88. The molecule has 1 aliphatic heterocycles. The molecule has 0 unspecified atom stereocenters. The van der Waals surface area contributed by atoms with Gasteiger partial charge in [-0.05, 0) is 37.1 Å². The van der Waals surface area contributed by atoms with Gasteiger partial charge >= 0.3 is 0 Å². The molecule has 0 aromatic heterocycles. The van der Waals surface area contributed by atoms with Gasteiger partial charge in [-0.1, -0.05) is 45.3 Å². The Hall–Kier alpha value is -1.53. The van der Waals surface area contributed by atoms with Crippen LogP contribution in [0.4, 0.5) is 0 Å². The second kappa shape index (κ2) is 6.76. The van der Waals surface area contributed by atoms with Crippen LogP contribution in [0, 0.1) is 13.8 Å². The highest BCUT2D eigenvalue weighted by Crippen LogP contribution is 2.36. The van der Waals surface area contributed by atoms with Crippen molar-refractivity contribution in [2.45, 2.75) is 25.4 Å². The molecule has 3 rings (SSSR count). The molecule has 0 amide bonds. The summed E-state index contributed by atoms with van der Waals surface area (Å²) in [6.45, 7) is 4.92. The number of sulfone groups is 1. The van der Waals surface area contributed by atoms with Crippen molar-refractivity contribution in [1.82, 2.24) is 0 Å². The Morgan fingerprint density at radius 1 is 0.917 bits per heavy atom. The largest absolute Gasteiger partial charge is 0.486 e. The van der Waals surface area contributed by atoms with Gasteiger partial charge in [0.2, 0.25) is 0 Å². The molecular weight excluding hydrogens is 392 g/mol. The van der Waals surface area contributed by atoms with Crippen molar-refractivity contribution in [2.75, 3.05) is 13.2 Å². The average Bonchev–Trinajstić information content (AvgIpc) is 2.46. The first kappa shape index (κ1) is 17.3. The quantitative estimate of drug-likeness (QED) is 0.765. The molecule has 0 spiro atoms. The Balaban J connectivity index is 1.84. The molecule has 0 aliphatic carbocycles. The van der Waals surface area contributed by atoms with Crippen molar-refractivity contribution in [2.24, 2.45) is 0 Å². The number of aryl methyl sites for hydroxylation is 2. The molecule has 0 saturated heterocycles. The summed E-state index contributed by atoms with van der Waals surface area (Å²) in [5, 5.41) is 0. The van der Waals surface area contributed by atoms with Crippen LogP contribution in [0.5, 0.6) is 11.5 Å². The lowest BCUT2D eigenvalue weighted by molar-refractivity contribution is 0.171. The van der Waals surface area contributed by atoms with Crippen LogP contribution in [0.1, 0.15) is 22.3 Å². The van der Waals surface area contributed by atoms with Crippen LogP contribution in [0.25, 0.3) is 0 Å². The van der Waals surface area contributed by atoms with Gasteiger partial charge in [-0.25, -0.2) is 8.42 Å². The summed E-state index contributed by atoms with van der Waals surface area (Å²) in [6, 6.07) is 9.40. The van der Waals surface area contributed by atoms with E-state index in [1.807, 2.05) is 32.0 Å². The number of hydrogen-bond acceptors (Lipinski definition) is 4. The van der Waals surface area contributed by atoms with Crippen LogP contribution in [0.2, 0.25) is 0 Å². The molecule has 2 aromatic rings. The van der Waals surface area contributed by atoms with E-state index in [1.165, 1.54) is 0 Å². The molecule has 0 fully saturated rings. The van der Waals surface area contributed by atoms with Crippen molar-refractivity contribution >= 4 is 25.8 Å². The van der Waals surface area contributed by atoms with E-state index in [1.54, 1.807) is 12.1 Å². The monoisotopic (exact) mass is 410 g/mol. The van der Waals surface area contributed by atoms with Gasteiger partial charge in [0.05, 0.1) is 11.5 Å². The van der Waals surface area contributed by atoms with Gasteiger partial charge in [-0.3, -0.25) is 0 Å². The maximum atomic E-state index is 12.6. The van der Waals surface area contributed by atoms with E-state index < -0.39 is 9.84 Å². The lowest BCUT2D eigenvalue weighted by Crippen LogP contribution is -2.16. The first-order valence-corrected chi connectivity index (χ1v) is 10.3. The van der Waals surface area contributed by atoms with Gasteiger partial charge in [0, 0.05) is 4.47 Å². The molecule has 24 heavy (non-hydrogen) atoms. The normalized spacial score (nSPS) is 13.8. The van der Waals surface area contributed by atoms with E-state index in [2.05, 4.69) is 15.9 Å². The predicted molar refractivity (Wildman–Crippen MR) is 97.4 cm³/mol. The lowest BCUT2D eigenvalue weighted by atomic mass is 10.1. The summed E-state index contributed by atoms with van der Waals surface area (Å²) in [5.41, 5.74) is 3.64. The standard InChI is InChI=1S/C18H19BrO4S/c1-12-5-13(2)7-14(6-12)10-24(20,21)11-15-8-17-18(9-16(15)19)23-4-3-22-17/h5-9H,3-4,10-11H2,1-2H3. The van der Waals surface area contributed by atoms with Gasteiger partial charge < -0.3 is 9.47 Å². The Morgan fingerprint density at radius 2 is 1.50 bits per heavy atom.